The number of benzene rings is 1. The molecule has 1 aromatic carbocycles. The smallest absolute Gasteiger partial charge is 0.277 e. The van der Waals surface area contributed by atoms with Gasteiger partial charge in [-0.25, -0.2) is 14.6 Å². The largest absolute Gasteiger partial charge is 0.378 e. The van der Waals surface area contributed by atoms with Gasteiger partial charge in [0.1, 0.15) is 12.1 Å². The molecule has 0 aliphatic carbocycles. The number of ether oxygens (including phenoxy) is 1. The molecule has 7 nitrogen and oxygen atoms in total. The van der Waals surface area contributed by atoms with Gasteiger partial charge in [-0.2, -0.15) is 5.10 Å². The van der Waals surface area contributed by atoms with E-state index < -0.39 is 0 Å². The van der Waals surface area contributed by atoms with Gasteiger partial charge in [-0.3, -0.25) is 4.79 Å². The maximum atomic E-state index is 12.6. The van der Waals surface area contributed by atoms with Gasteiger partial charge in [0.05, 0.1) is 18.0 Å². The molecule has 0 aliphatic heterocycles. The molecule has 1 N–H and O–H groups in total. The fraction of sp³-hybridized carbons (Fsp3) is 0.263. The van der Waals surface area contributed by atoms with Crippen molar-refractivity contribution in [3.63, 3.8) is 0 Å². The number of methoxy groups -OCH3 is 1. The number of amides is 1. The molecule has 0 spiro atoms. The molecule has 7 heteroatoms. The van der Waals surface area contributed by atoms with Crippen LogP contribution in [-0.4, -0.2) is 32.8 Å². The number of aromatic nitrogens is 4. The van der Waals surface area contributed by atoms with Crippen LogP contribution in [0.2, 0.25) is 0 Å². The van der Waals surface area contributed by atoms with Crippen molar-refractivity contribution in [2.24, 2.45) is 0 Å². The number of anilines is 1. The molecule has 0 saturated carbocycles. The number of hydrogen-bond donors (Lipinski definition) is 1. The van der Waals surface area contributed by atoms with Crippen molar-refractivity contribution in [3.05, 3.63) is 65.9 Å². The van der Waals surface area contributed by atoms with Crippen molar-refractivity contribution in [1.82, 2.24) is 19.7 Å². The Hall–Kier alpha value is -3.06. The summed E-state index contributed by atoms with van der Waals surface area (Å²) in [5.74, 6) is 0.317. The molecule has 0 bridgehead atoms. The van der Waals surface area contributed by atoms with Gasteiger partial charge in [-0.15, -0.1) is 0 Å². The fourth-order valence-corrected chi connectivity index (χ4v) is 2.57. The maximum Gasteiger partial charge on any atom is 0.277 e. The highest BCUT2D eigenvalue weighted by molar-refractivity contribution is 6.02. The fourth-order valence-electron chi connectivity index (χ4n) is 2.57. The summed E-state index contributed by atoms with van der Waals surface area (Å²) in [5.41, 5.74) is 2.91. The standard InChI is InChI=1S/C19H21N5O2/c1-13(2)17-10-16(23-24(17)15-7-5-4-6-8-15)19(25)22-18-9-14(11-26-3)20-12-21-18/h4-10,12-13H,11H2,1-3H3,(H,20,21,22,25). The number of rotatable bonds is 6. The third kappa shape index (κ3) is 3.94. The molecule has 0 fully saturated rings. The van der Waals surface area contributed by atoms with Crippen LogP contribution in [-0.2, 0) is 11.3 Å². The lowest BCUT2D eigenvalue weighted by molar-refractivity contribution is 0.102. The Kier molecular flexibility index (Phi) is 5.38. The topological polar surface area (TPSA) is 81.9 Å². The Morgan fingerprint density at radius 2 is 1.96 bits per heavy atom. The van der Waals surface area contributed by atoms with Crippen molar-refractivity contribution in [3.8, 4) is 5.69 Å². The summed E-state index contributed by atoms with van der Waals surface area (Å²) in [6, 6.07) is 13.2. The first-order chi connectivity index (χ1) is 12.6. The number of nitrogens with one attached hydrogen (secondary N) is 1. The highest BCUT2D eigenvalue weighted by Gasteiger charge is 2.18. The average Bonchev–Trinajstić information content (AvgIpc) is 3.09. The van der Waals surface area contributed by atoms with Gasteiger partial charge in [0, 0.05) is 18.9 Å². The minimum Gasteiger partial charge on any atom is -0.378 e. The number of carbonyl (C=O) groups excluding carboxylic acids is 1. The lowest BCUT2D eigenvalue weighted by Crippen LogP contribution is -2.14. The van der Waals surface area contributed by atoms with Gasteiger partial charge in [0.2, 0.25) is 0 Å². The molecular weight excluding hydrogens is 330 g/mol. The third-order valence-electron chi connectivity index (χ3n) is 3.82. The predicted octanol–water partition coefficient (Wildman–Crippen LogP) is 3.18. The first kappa shape index (κ1) is 17.8. The summed E-state index contributed by atoms with van der Waals surface area (Å²) in [6.07, 6.45) is 1.39. The zero-order valence-corrected chi connectivity index (χ0v) is 15.0. The van der Waals surface area contributed by atoms with Crippen LogP contribution in [0.3, 0.4) is 0 Å². The Morgan fingerprint density at radius 1 is 1.19 bits per heavy atom. The molecule has 134 valence electrons. The first-order valence-corrected chi connectivity index (χ1v) is 8.35. The van der Waals surface area contributed by atoms with E-state index in [0.717, 1.165) is 11.4 Å². The Balaban J connectivity index is 1.87. The molecule has 0 radical (unpaired) electrons. The second-order valence-corrected chi connectivity index (χ2v) is 6.14. The first-order valence-electron chi connectivity index (χ1n) is 8.35. The lowest BCUT2D eigenvalue weighted by atomic mass is 10.1. The van der Waals surface area contributed by atoms with Crippen molar-refractivity contribution < 1.29 is 9.53 Å². The summed E-state index contributed by atoms with van der Waals surface area (Å²) < 4.78 is 6.85. The van der Waals surface area contributed by atoms with E-state index in [2.05, 4.69) is 34.2 Å². The van der Waals surface area contributed by atoms with E-state index in [4.69, 9.17) is 4.74 Å². The van der Waals surface area contributed by atoms with Crippen LogP contribution in [0.5, 0.6) is 0 Å². The number of hydrogen-bond acceptors (Lipinski definition) is 5. The van der Waals surface area contributed by atoms with Crippen LogP contribution in [0.15, 0.2) is 48.8 Å². The van der Waals surface area contributed by atoms with Crippen molar-refractivity contribution >= 4 is 11.7 Å². The monoisotopic (exact) mass is 351 g/mol. The molecule has 0 saturated heterocycles. The normalized spacial score (nSPS) is 10.9. The summed E-state index contributed by atoms with van der Waals surface area (Å²) in [5, 5.41) is 7.26. The second-order valence-electron chi connectivity index (χ2n) is 6.14. The summed E-state index contributed by atoms with van der Waals surface area (Å²) in [4.78, 5) is 20.8. The third-order valence-corrected chi connectivity index (χ3v) is 3.82. The molecule has 2 heterocycles. The molecule has 26 heavy (non-hydrogen) atoms. The predicted molar refractivity (Wildman–Crippen MR) is 98.4 cm³/mol. The van der Waals surface area contributed by atoms with Crippen LogP contribution >= 0.6 is 0 Å². The van der Waals surface area contributed by atoms with E-state index in [1.807, 2.05) is 36.4 Å². The van der Waals surface area contributed by atoms with Crippen LogP contribution < -0.4 is 5.32 Å². The van der Waals surface area contributed by atoms with E-state index in [1.165, 1.54) is 6.33 Å². The number of carbonyl (C=O) groups is 1. The SMILES string of the molecule is COCc1cc(NC(=O)c2cc(C(C)C)n(-c3ccccc3)n2)ncn1. The highest BCUT2D eigenvalue weighted by Crippen LogP contribution is 2.21. The van der Waals surface area contributed by atoms with E-state index in [0.29, 0.717) is 23.8 Å². The van der Waals surface area contributed by atoms with Crippen LogP contribution in [0, 0.1) is 0 Å². The van der Waals surface area contributed by atoms with Gasteiger partial charge in [0.15, 0.2) is 5.69 Å². The molecule has 0 aliphatic rings. The van der Waals surface area contributed by atoms with Gasteiger partial charge in [0.25, 0.3) is 5.91 Å². The van der Waals surface area contributed by atoms with E-state index >= 15 is 0 Å². The Labute approximate surface area is 152 Å². The lowest BCUT2D eigenvalue weighted by Gasteiger charge is -2.09. The van der Waals surface area contributed by atoms with E-state index in [9.17, 15) is 4.79 Å². The summed E-state index contributed by atoms with van der Waals surface area (Å²) in [7, 11) is 1.59. The molecule has 0 unspecified atom stereocenters. The zero-order chi connectivity index (χ0) is 18.5. The second kappa shape index (κ2) is 7.88. The van der Waals surface area contributed by atoms with Crippen molar-refractivity contribution in [1.29, 1.82) is 0 Å². The molecule has 2 aromatic heterocycles. The van der Waals surface area contributed by atoms with Crippen LogP contribution in [0.4, 0.5) is 5.82 Å². The Bertz CT molecular complexity index is 890. The molecule has 0 atom stereocenters. The minimum absolute atomic E-state index is 0.219. The maximum absolute atomic E-state index is 12.6. The number of para-hydroxylation sites is 1. The van der Waals surface area contributed by atoms with Gasteiger partial charge < -0.3 is 10.1 Å². The minimum atomic E-state index is -0.316. The van der Waals surface area contributed by atoms with Gasteiger partial charge in [-0.05, 0) is 24.1 Å². The van der Waals surface area contributed by atoms with Crippen LogP contribution in [0.1, 0.15) is 41.6 Å². The average molecular weight is 351 g/mol. The molecular formula is C19H21N5O2. The molecule has 1 amide bonds. The quantitative estimate of drug-likeness (QED) is 0.737. The van der Waals surface area contributed by atoms with Crippen molar-refractivity contribution in [2.75, 3.05) is 12.4 Å². The van der Waals surface area contributed by atoms with E-state index in [1.54, 1.807) is 17.9 Å². The zero-order valence-electron chi connectivity index (χ0n) is 15.0. The van der Waals surface area contributed by atoms with Gasteiger partial charge >= 0.3 is 0 Å². The summed E-state index contributed by atoms with van der Waals surface area (Å²) in [6.45, 7) is 4.49. The molecule has 3 rings (SSSR count). The summed E-state index contributed by atoms with van der Waals surface area (Å²) >= 11 is 0. The molecule has 3 aromatic rings. The Morgan fingerprint density at radius 3 is 2.65 bits per heavy atom. The highest BCUT2D eigenvalue weighted by atomic mass is 16.5. The van der Waals surface area contributed by atoms with Gasteiger partial charge in [-0.1, -0.05) is 32.0 Å². The number of nitrogens with zero attached hydrogens (tertiary/aromatic N) is 4. The van der Waals surface area contributed by atoms with E-state index in [-0.39, 0.29) is 11.8 Å². The van der Waals surface area contributed by atoms with Crippen LogP contribution in [0.25, 0.3) is 5.69 Å². The van der Waals surface area contributed by atoms with Crippen molar-refractivity contribution in [2.45, 2.75) is 26.4 Å².